The SMILES string of the molecule is Cc1cc2[nH]c3c(c2cc1C)CC(NC(=O)c1ccc(-n2cnnc2)cc1Cl)(c1bccc(F)c1)CC3. The fourth-order valence-electron chi connectivity index (χ4n) is 5.39. The van der Waals surface area contributed by atoms with Crippen LogP contribution >= 0.6 is 11.6 Å². The fourth-order valence-corrected chi connectivity index (χ4v) is 5.65. The maximum absolute atomic E-state index is 14.4. The molecule has 37 heavy (non-hydrogen) atoms. The Bertz CT molecular complexity index is 1670. The third-order valence-electron chi connectivity index (χ3n) is 7.53. The van der Waals surface area contributed by atoms with E-state index in [0.29, 0.717) is 23.4 Å². The first-order chi connectivity index (χ1) is 17.8. The Balaban J connectivity index is 1.41. The maximum atomic E-state index is 14.4. The van der Waals surface area contributed by atoms with Gasteiger partial charge in [-0.05, 0) is 0 Å². The van der Waals surface area contributed by atoms with E-state index in [0.717, 1.165) is 39.7 Å². The minimum atomic E-state index is -0.795. The third-order valence-corrected chi connectivity index (χ3v) is 7.85. The Hall–Kier alpha value is -3.78. The first kappa shape index (κ1) is 23.6. The Kier molecular flexibility index (Phi) is 5.72. The van der Waals surface area contributed by atoms with E-state index < -0.39 is 5.54 Å². The molecule has 0 bridgehead atoms. The van der Waals surface area contributed by atoms with E-state index in [1.54, 1.807) is 41.4 Å². The van der Waals surface area contributed by atoms with E-state index >= 15 is 0 Å². The number of rotatable bonds is 4. The van der Waals surface area contributed by atoms with E-state index in [1.807, 2.05) is 6.91 Å². The molecule has 1 unspecified atom stereocenters. The molecule has 0 saturated heterocycles. The van der Waals surface area contributed by atoms with Gasteiger partial charge in [0, 0.05) is 0 Å². The number of benzene rings is 2. The van der Waals surface area contributed by atoms with Gasteiger partial charge in [-0.1, -0.05) is 0 Å². The molecule has 0 aliphatic heterocycles. The number of nitrogens with one attached hydrogen (secondary N) is 2. The molecule has 184 valence electrons. The second-order valence-electron chi connectivity index (χ2n) is 9.82. The summed E-state index contributed by atoms with van der Waals surface area (Å²) in [5.41, 5.74) is 6.88. The standard InChI is InChI=1S/C28H24BClFN5O/c1-16-9-21-22-13-28(26-11-18(31)6-8-29-26,7-5-24(22)34-25(21)10-17(16)2)35-27(37)20-4-3-19(12-23(20)30)36-14-32-33-15-36/h3-4,6,8-12,14-15,34H,5,7,13H2,1-2H3,(H,35,37). The zero-order valence-electron chi connectivity index (χ0n) is 20.5. The van der Waals surface area contributed by atoms with Crippen LogP contribution in [0.5, 0.6) is 0 Å². The van der Waals surface area contributed by atoms with Crippen LogP contribution in [0.15, 0.2) is 61.1 Å². The van der Waals surface area contributed by atoms with Gasteiger partial charge in [0.05, 0.1) is 0 Å². The van der Waals surface area contributed by atoms with Crippen molar-refractivity contribution in [3.63, 3.8) is 0 Å². The quantitative estimate of drug-likeness (QED) is 0.343. The van der Waals surface area contributed by atoms with Crippen molar-refractivity contribution >= 4 is 35.3 Å². The summed E-state index contributed by atoms with van der Waals surface area (Å²) in [6.07, 6.45) is 5.01. The van der Waals surface area contributed by atoms with E-state index in [-0.39, 0.29) is 11.7 Å². The Morgan fingerprint density at radius 3 is 2.68 bits per heavy atom. The van der Waals surface area contributed by atoms with Crippen LogP contribution in [0.1, 0.15) is 44.6 Å². The number of aryl methyl sites for hydroxylation is 3. The molecule has 2 N–H and O–H groups in total. The van der Waals surface area contributed by atoms with Gasteiger partial charge >= 0.3 is 219 Å². The van der Waals surface area contributed by atoms with Gasteiger partial charge in [-0.25, -0.2) is 0 Å². The van der Waals surface area contributed by atoms with E-state index in [1.165, 1.54) is 23.3 Å². The molecule has 6 nitrogen and oxygen atoms in total. The summed E-state index contributed by atoms with van der Waals surface area (Å²) in [4.78, 5) is 17.3. The van der Waals surface area contributed by atoms with Crippen LogP contribution in [0.2, 0.25) is 5.02 Å². The minimum absolute atomic E-state index is 0.306. The molecule has 2 aromatic carbocycles. The van der Waals surface area contributed by atoms with E-state index in [4.69, 9.17) is 11.6 Å². The molecule has 0 fully saturated rings. The summed E-state index contributed by atoms with van der Waals surface area (Å²) in [6, 6.07) is 12.5. The number of carbonyl (C=O) groups is 1. The normalized spacial score (nSPS) is 17.0. The molecule has 0 spiro atoms. The molecule has 1 aliphatic rings. The van der Waals surface area contributed by atoms with Crippen molar-refractivity contribution in [1.29, 1.82) is 0 Å². The van der Waals surface area contributed by atoms with Crippen molar-refractivity contribution in [2.75, 3.05) is 0 Å². The van der Waals surface area contributed by atoms with Crippen LogP contribution in [0, 0.1) is 19.7 Å². The van der Waals surface area contributed by atoms with Gasteiger partial charge in [0.2, 0.25) is 0 Å². The summed E-state index contributed by atoms with van der Waals surface area (Å²) in [7, 11) is 0. The first-order valence-corrected chi connectivity index (χ1v) is 12.5. The van der Waals surface area contributed by atoms with Crippen LogP contribution in [0.3, 0.4) is 0 Å². The number of amides is 1. The molecule has 3 heterocycles. The van der Waals surface area contributed by atoms with Crippen molar-refractivity contribution in [1.82, 2.24) is 25.1 Å². The molecule has 1 atom stereocenters. The van der Waals surface area contributed by atoms with Crippen molar-refractivity contribution in [3.8, 4) is 5.69 Å². The van der Waals surface area contributed by atoms with Crippen LogP contribution in [0.25, 0.3) is 16.6 Å². The Labute approximate surface area is 219 Å². The molecule has 1 aliphatic carbocycles. The van der Waals surface area contributed by atoms with Gasteiger partial charge in [0.15, 0.2) is 0 Å². The van der Waals surface area contributed by atoms with Gasteiger partial charge in [0.1, 0.15) is 0 Å². The number of aromatic amines is 1. The third kappa shape index (κ3) is 4.15. The second kappa shape index (κ2) is 8.96. The van der Waals surface area contributed by atoms with Gasteiger partial charge < -0.3 is 0 Å². The van der Waals surface area contributed by atoms with Crippen LogP contribution in [-0.2, 0) is 18.4 Å². The van der Waals surface area contributed by atoms with Crippen LogP contribution in [0.4, 0.5) is 4.39 Å². The van der Waals surface area contributed by atoms with Crippen molar-refractivity contribution in [3.05, 3.63) is 105 Å². The average Bonchev–Trinajstić information content (AvgIpc) is 3.53. The average molecular weight is 512 g/mol. The van der Waals surface area contributed by atoms with Gasteiger partial charge in [-0.2, -0.15) is 0 Å². The molecule has 5 aromatic rings. The summed E-state index contributed by atoms with van der Waals surface area (Å²) in [6.45, 7) is 6.09. The first-order valence-electron chi connectivity index (χ1n) is 12.2. The van der Waals surface area contributed by atoms with Crippen LogP contribution < -0.4 is 5.32 Å². The number of halogens is 2. The number of hydrogen-bond donors (Lipinski definition) is 2. The predicted molar refractivity (Wildman–Crippen MR) is 143 cm³/mol. The summed E-state index contributed by atoms with van der Waals surface area (Å²) < 4.78 is 16.1. The molecule has 9 heteroatoms. The molecular formula is C28H24BClFN5O. The molecule has 0 saturated carbocycles. The summed E-state index contributed by atoms with van der Waals surface area (Å²) >= 11 is 6.57. The van der Waals surface area contributed by atoms with Crippen molar-refractivity contribution in [2.45, 2.75) is 38.6 Å². The number of H-pyrrole nitrogens is 1. The zero-order valence-corrected chi connectivity index (χ0v) is 21.2. The van der Waals surface area contributed by atoms with E-state index in [2.05, 4.69) is 46.5 Å². The van der Waals surface area contributed by atoms with Gasteiger partial charge in [-0.15, -0.1) is 0 Å². The van der Waals surface area contributed by atoms with Crippen molar-refractivity contribution < 1.29 is 9.18 Å². The molecule has 6 rings (SSSR count). The second-order valence-corrected chi connectivity index (χ2v) is 10.2. The topological polar surface area (TPSA) is 75.6 Å². The van der Waals surface area contributed by atoms with Gasteiger partial charge in [-0.3, -0.25) is 0 Å². The van der Waals surface area contributed by atoms with Crippen molar-refractivity contribution in [2.24, 2.45) is 0 Å². The molecule has 3 aromatic heterocycles. The number of nitrogens with zero attached hydrogens (tertiary/aromatic N) is 3. The summed E-state index contributed by atoms with van der Waals surface area (Å²) in [5.74, 6) is 1.05. The molecule has 1 amide bonds. The predicted octanol–water partition coefficient (Wildman–Crippen LogP) is 5.31. The number of aromatic nitrogens is 4. The van der Waals surface area contributed by atoms with E-state index in [9.17, 15) is 9.18 Å². The Morgan fingerprint density at radius 2 is 1.92 bits per heavy atom. The Morgan fingerprint density at radius 1 is 1.14 bits per heavy atom. The molecule has 0 radical (unpaired) electrons. The number of carbonyl (C=O) groups excluding carboxylic acids is 1. The zero-order chi connectivity index (χ0) is 25.7. The van der Waals surface area contributed by atoms with Crippen LogP contribution in [-0.4, -0.2) is 32.6 Å². The fraction of sp³-hybridized carbons (Fsp3) is 0.214. The number of fused-ring (bicyclic) bond motifs is 3. The monoisotopic (exact) mass is 511 g/mol. The van der Waals surface area contributed by atoms with Gasteiger partial charge in [0.25, 0.3) is 0 Å². The number of hydrogen-bond acceptors (Lipinski definition) is 3. The summed E-state index contributed by atoms with van der Waals surface area (Å²) in [5, 5.41) is 12.4. The molecular weight excluding hydrogens is 488 g/mol.